The Morgan fingerprint density at radius 2 is 2.07 bits per heavy atom. The maximum atomic E-state index is 5.43. The average Bonchev–Trinajstić information content (AvgIpc) is 2.30. The second-order valence-corrected chi connectivity index (χ2v) is 6.15. The smallest absolute Gasteiger partial charge is 0.0471 e. The van der Waals surface area contributed by atoms with Crippen LogP contribution in [0, 0.1) is 11.3 Å². The number of rotatable bonds is 6. The molecule has 1 atom stereocenters. The molecule has 0 bridgehead atoms. The van der Waals surface area contributed by atoms with E-state index in [9.17, 15) is 0 Å². The van der Waals surface area contributed by atoms with Crippen LogP contribution in [0.5, 0.6) is 0 Å². The topological polar surface area (TPSA) is 9.23 Å². The Labute approximate surface area is 104 Å². The summed E-state index contributed by atoms with van der Waals surface area (Å²) in [5.41, 5.74) is 0.458. The Kier molecular flexibility index (Phi) is 6.48. The summed E-state index contributed by atoms with van der Waals surface area (Å²) < 4.78 is 5.43. The molecule has 1 aliphatic rings. The van der Waals surface area contributed by atoms with Crippen LogP contribution < -0.4 is 0 Å². The normalized spacial score (nSPS) is 22.6. The highest BCUT2D eigenvalue weighted by Crippen LogP contribution is 2.35. The molecule has 0 aromatic heterocycles. The SMILES string of the molecule is CCC(C)CSCC1(CS)CCOCC1. The van der Waals surface area contributed by atoms with E-state index in [-0.39, 0.29) is 0 Å². The molecule has 0 aliphatic carbocycles. The van der Waals surface area contributed by atoms with Crippen LogP contribution >= 0.6 is 24.4 Å². The molecular formula is C12H24OS2. The van der Waals surface area contributed by atoms with Crippen molar-refractivity contribution >= 4 is 24.4 Å². The number of thiol groups is 1. The van der Waals surface area contributed by atoms with E-state index in [0.717, 1.165) is 24.9 Å². The van der Waals surface area contributed by atoms with Gasteiger partial charge in [-0.05, 0) is 41.4 Å². The minimum atomic E-state index is 0.458. The van der Waals surface area contributed by atoms with E-state index in [4.69, 9.17) is 4.74 Å². The fraction of sp³-hybridized carbons (Fsp3) is 1.00. The number of hydrogen-bond acceptors (Lipinski definition) is 3. The second-order valence-electron chi connectivity index (χ2n) is 4.80. The van der Waals surface area contributed by atoms with Gasteiger partial charge in [-0.25, -0.2) is 0 Å². The first-order chi connectivity index (χ1) is 7.22. The van der Waals surface area contributed by atoms with E-state index in [1.165, 1.54) is 30.8 Å². The van der Waals surface area contributed by atoms with Crippen molar-refractivity contribution in [2.45, 2.75) is 33.1 Å². The van der Waals surface area contributed by atoms with Crippen LogP contribution in [-0.4, -0.2) is 30.5 Å². The molecule has 3 heteroatoms. The maximum Gasteiger partial charge on any atom is 0.0471 e. The van der Waals surface area contributed by atoms with Crippen molar-refractivity contribution in [3.05, 3.63) is 0 Å². The standard InChI is InChI=1S/C12H24OS2/c1-3-11(2)8-15-10-12(9-14)4-6-13-7-5-12/h11,14H,3-10H2,1-2H3. The molecular weight excluding hydrogens is 224 g/mol. The lowest BCUT2D eigenvalue weighted by atomic mass is 9.84. The van der Waals surface area contributed by atoms with Crippen LogP contribution in [0.3, 0.4) is 0 Å². The predicted molar refractivity (Wildman–Crippen MR) is 73.1 cm³/mol. The minimum Gasteiger partial charge on any atom is -0.381 e. The van der Waals surface area contributed by atoms with Crippen LogP contribution in [0.2, 0.25) is 0 Å². The molecule has 0 aromatic carbocycles. The van der Waals surface area contributed by atoms with Crippen molar-refractivity contribution in [1.29, 1.82) is 0 Å². The monoisotopic (exact) mass is 248 g/mol. The zero-order chi connectivity index (χ0) is 11.1. The zero-order valence-corrected chi connectivity index (χ0v) is 11.7. The van der Waals surface area contributed by atoms with E-state index in [2.05, 4.69) is 38.2 Å². The quantitative estimate of drug-likeness (QED) is 0.721. The van der Waals surface area contributed by atoms with Gasteiger partial charge in [-0.1, -0.05) is 20.3 Å². The molecule has 1 aliphatic heterocycles. The molecule has 90 valence electrons. The third-order valence-electron chi connectivity index (χ3n) is 3.40. The Morgan fingerprint density at radius 1 is 1.40 bits per heavy atom. The van der Waals surface area contributed by atoms with Crippen LogP contribution in [0.4, 0.5) is 0 Å². The lowest BCUT2D eigenvalue weighted by molar-refractivity contribution is 0.0371. The summed E-state index contributed by atoms with van der Waals surface area (Å²) in [6.07, 6.45) is 3.69. The van der Waals surface area contributed by atoms with E-state index in [1.54, 1.807) is 0 Å². The van der Waals surface area contributed by atoms with Crippen LogP contribution in [0.15, 0.2) is 0 Å². The van der Waals surface area contributed by atoms with Gasteiger partial charge < -0.3 is 4.74 Å². The van der Waals surface area contributed by atoms with Gasteiger partial charge in [0.25, 0.3) is 0 Å². The van der Waals surface area contributed by atoms with Crippen molar-refractivity contribution in [3.63, 3.8) is 0 Å². The molecule has 0 amide bonds. The van der Waals surface area contributed by atoms with Gasteiger partial charge in [-0.3, -0.25) is 0 Å². The summed E-state index contributed by atoms with van der Waals surface area (Å²) in [7, 11) is 0. The van der Waals surface area contributed by atoms with Crippen LogP contribution in [0.25, 0.3) is 0 Å². The first kappa shape index (κ1) is 13.7. The number of hydrogen-bond donors (Lipinski definition) is 1. The van der Waals surface area contributed by atoms with E-state index >= 15 is 0 Å². The van der Waals surface area contributed by atoms with Crippen molar-refractivity contribution in [1.82, 2.24) is 0 Å². The maximum absolute atomic E-state index is 5.43. The lowest BCUT2D eigenvalue weighted by Crippen LogP contribution is -2.33. The number of thioether (sulfide) groups is 1. The third kappa shape index (κ3) is 4.58. The molecule has 0 aromatic rings. The highest BCUT2D eigenvalue weighted by molar-refractivity contribution is 7.99. The van der Waals surface area contributed by atoms with Gasteiger partial charge in [-0.2, -0.15) is 24.4 Å². The highest BCUT2D eigenvalue weighted by atomic mass is 32.2. The summed E-state index contributed by atoms with van der Waals surface area (Å²) >= 11 is 6.64. The van der Waals surface area contributed by atoms with Gasteiger partial charge in [0, 0.05) is 13.2 Å². The highest BCUT2D eigenvalue weighted by Gasteiger charge is 2.31. The Hall–Kier alpha value is 0.660. The molecule has 0 saturated carbocycles. The van der Waals surface area contributed by atoms with E-state index in [1.807, 2.05) is 0 Å². The summed E-state index contributed by atoms with van der Waals surface area (Å²) in [5, 5.41) is 0. The van der Waals surface area contributed by atoms with E-state index in [0.29, 0.717) is 5.41 Å². The summed E-state index contributed by atoms with van der Waals surface area (Å²) in [5.74, 6) is 4.44. The molecule has 1 fully saturated rings. The van der Waals surface area contributed by atoms with Crippen molar-refractivity contribution in [2.24, 2.45) is 11.3 Å². The van der Waals surface area contributed by atoms with Crippen molar-refractivity contribution in [3.8, 4) is 0 Å². The van der Waals surface area contributed by atoms with Crippen molar-refractivity contribution in [2.75, 3.05) is 30.5 Å². The van der Waals surface area contributed by atoms with Crippen LogP contribution in [-0.2, 0) is 4.74 Å². The number of ether oxygens (including phenoxy) is 1. The molecule has 1 rings (SSSR count). The Balaban J connectivity index is 2.26. The second kappa shape index (κ2) is 7.08. The first-order valence-corrected chi connectivity index (χ1v) is 7.77. The molecule has 0 spiro atoms. The molecule has 1 saturated heterocycles. The summed E-state index contributed by atoms with van der Waals surface area (Å²) in [6.45, 7) is 6.48. The minimum absolute atomic E-state index is 0.458. The van der Waals surface area contributed by atoms with Gasteiger partial charge in [0.2, 0.25) is 0 Å². The average molecular weight is 248 g/mol. The lowest BCUT2D eigenvalue weighted by Gasteiger charge is -2.35. The largest absolute Gasteiger partial charge is 0.381 e. The van der Waals surface area contributed by atoms with Gasteiger partial charge in [0.15, 0.2) is 0 Å². The third-order valence-corrected chi connectivity index (χ3v) is 5.69. The molecule has 1 heterocycles. The van der Waals surface area contributed by atoms with Gasteiger partial charge in [-0.15, -0.1) is 0 Å². The zero-order valence-electron chi connectivity index (χ0n) is 10.00. The van der Waals surface area contributed by atoms with Gasteiger partial charge >= 0.3 is 0 Å². The molecule has 1 nitrogen and oxygen atoms in total. The molecule has 1 unspecified atom stereocenters. The predicted octanol–water partition coefficient (Wildman–Crippen LogP) is 3.49. The van der Waals surface area contributed by atoms with Gasteiger partial charge in [0.1, 0.15) is 0 Å². The summed E-state index contributed by atoms with van der Waals surface area (Å²) in [4.78, 5) is 0. The fourth-order valence-corrected chi connectivity index (χ4v) is 3.91. The van der Waals surface area contributed by atoms with Gasteiger partial charge in [0.05, 0.1) is 0 Å². The van der Waals surface area contributed by atoms with E-state index < -0.39 is 0 Å². The first-order valence-electron chi connectivity index (χ1n) is 5.99. The Morgan fingerprint density at radius 3 is 2.60 bits per heavy atom. The van der Waals surface area contributed by atoms with Crippen molar-refractivity contribution < 1.29 is 4.74 Å². The Bertz CT molecular complexity index is 167. The summed E-state index contributed by atoms with van der Waals surface area (Å²) in [6, 6.07) is 0. The molecule has 15 heavy (non-hydrogen) atoms. The molecule has 0 N–H and O–H groups in total. The van der Waals surface area contributed by atoms with Crippen LogP contribution in [0.1, 0.15) is 33.1 Å². The fourth-order valence-electron chi connectivity index (χ4n) is 1.75. The molecule has 0 radical (unpaired) electrons.